The van der Waals surface area contributed by atoms with Gasteiger partial charge in [-0.3, -0.25) is 0 Å². The zero-order valence-electron chi connectivity index (χ0n) is 8.92. The van der Waals surface area contributed by atoms with Crippen molar-refractivity contribution in [3.05, 3.63) is 29.0 Å². The van der Waals surface area contributed by atoms with Crippen molar-refractivity contribution in [3.8, 4) is 0 Å². The summed E-state index contributed by atoms with van der Waals surface area (Å²) in [5.41, 5.74) is 0.374. The standard InChI is InChI=1S/C12H15ClFNO/c13-8-5-6-9(14)11(7-8)15-10-3-1-2-4-12(10)16/h5-7,10,12,15-16H,1-4H2/t10-,12-/m0/s1. The van der Waals surface area contributed by atoms with E-state index in [1.807, 2.05) is 0 Å². The van der Waals surface area contributed by atoms with Crippen LogP contribution in [0.5, 0.6) is 0 Å². The van der Waals surface area contributed by atoms with Gasteiger partial charge in [0.2, 0.25) is 0 Å². The number of halogens is 2. The fourth-order valence-electron chi connectivity index (χ4n) is 2.09. The summed E-state index contributed by atoms with van der Waals surface area (Å²) in [7, 11) is 0. The SMILES string of the molecule is O[C@H]1CCCC[C@@H]1Nc1cc(Cl)ccc1F. The van der Waals surface area contributed by atoms with Gasteiger partial charge in [0.25, 0.3) is 0 Å². The molecule has 0 heterocycles. The lowest BCUT2D eigenvalue weighted by molar-refractivity contribution is 0.116. The molecule has 1 aromatic carbocycles. The van der Waals surface area contributed by atoms with Gasteiger partial charge in [-0.1, -0.05) is 24.4 Å². The third kappa shape index (κ3) is 2.66. The molecule has 2 N–H and O–H groups in total. The Bertz CT molecular complexity index is 372. The average molecular weight is 244 g/mol. The second-order valence-corrected chi connectivity index (χ2v) is 4.66. The van der Waals surface area contributed by atoms with Gasteiger partial charge in [0, 0.05) is 5.02 Å². The van der Waals surface area contributed by atoms with Gasteiger partial charge in [-0.05, 0) is 31.0 Å². The van der Waals surface area contributed by atoms with Crippen LogP contribution in [0.3, 0.4) is 0 Å². The third-order valence-corrected chi connectivity index (χ3v) is 3.23. The number of hydrogen-bond donors (Lipinski definition) is 2. The molecule has 16 heavy (non-hydrogen) atoms. The molecule has 1 saturated carbocycles. The molecule has 4 heteroatoms. The topological polar surface area (TPSA) is 32.3 Å². The summed E-state index contributed by atoms with van der Waals surface area (Å²) < 4.78 is 13.4. The van der Waals surface area contributed by atoms with Crippen LogP contribution in [0.1, 0.15) is 25.7 Å². The lowest BCUT2D eigenvalue weighted by Crippen LogP contribution is -2.36. The minimum Gasteiger partial charge on any atom is -0.391 e. The van der Waals surface area contributed by atoms with Gasteiger partial charge in [0.15, 0.2) is 0 Å². The first-order chi connectivity index (χ1) is 7.66. The minimum atomic E-state index is -0.396. The van der Waals surface area contributed by atoms with Crippen LogP contribution >= 0.6 is 11.6 Å². The highest BCUT2D eigenvalue weighted by Gasteiger charge is 2.23. The summed E-state index contributed by atoms with van der Waals surface area (Å²) in [5.74, 6) is -0.331. The van der Waals surface area contributed by atoms with E-state index >= 15 is 0 Å². The van der Waals surface area contributed by atoms with Gasteiger partial charge >= 0.3 is 0 Å². The molecule has 1 fully saturated rings. The van der Waals surface area contributed by atoms with Crippen LogP contribution in [0.2, 0.25) is 5.02 Å². The van der Waals surface area contributed by atoms with E-state index in [1.54, 1.807) is 6.07 Å². The highest BCUT2D eigenvalue weighted by molar-refractivity contribution is 6.30. The number of benzene rings is 1. The minimum absolute atomic E-state index is 0.0679. The Kier molecular flexibility index (Phi) is 3.66. The number of hydrogen-bond acceptors (Lipinski definition) is 2. The number of aliphatic hydroxyl groups excluding tert-OH is 1. The number of anilines is 1. The average Bonchev–Trinajstić information content (AvgIpc) is 2.27. The van der Waals surface area contributed by atoms with Gasteiger partial charge in [-0.2, -0.15) is 0 Å². The Labute approximate surface area is 99.4 Å². The number of rotatable bonds is 2. The Morgan fingerprint density at radius 1 is 1.31 bits per heavy atom. The fourth-order valence-corrected chi connectivity index (χ4v) is 2.26. The lowest BCUT2D eigenvalue weighted by atomic mass is 9.92. The van der Waals surface area contributed by atoms with Crippen molar-refractivity contribution in [1.29, 1.82) is 0 Å². The van der Waals surface area contributed by atoms with E-state index in [4.69, 9.17) is 11.6 Å². The summed E-state index contributed by atoms with van der Waals surface area (Å²) in [4.78, 5) is 0. The maximum absolute atomic E-state index is 13.4. The molecule has 0 amide bonds. The quantitative estimate of drug-likeness (QED) is 0.836. The van der Waals surface area contributed by atoms with E-state index in [2.05, 4.69) is 5.32 Å². The predicted octanol–water partition coefficient (Wildman–Crippen LogP) is 3.19. The molecule has 0 radical (unpaired) electrons. The van der Waals surface area contributed by atoms with Crippen molar-refractivity contribution in [2.45, 2.75) is 37.8 Å². The van der Waals surface area contributed by atoms with E-state index in [1.165, 1.54) is 12.1 Å². The van der Waals surface area contributed by atoms with Gasteiger partial charge in [0.1, 0.15) is 5.82 Å². The first-order valence-electron chi connectivity index (χ1n) is 5.56. The van der Waals surface area contributed by atoms with Crippen LogP contribution < -0.4 is 5.32 Å². The molecular weight excluding hydrogens is 229 g/mol. The number of aliphatic hydroxyl groups is 1. The van der Waals surface area contributed by atoms with Gasteiger partial charge in [-0.25, -0.2) is 4.39 Å². The Morgan fingerprint density at radius 3 is 2.81 bits per heavy atom. The normalized spacial score (nSPS) is 25.4. The molecule has 1 aliphatic rings. The molecule has 2 atom stereocenters. The molecule has 2 nitrogen and oxygen atoms in total. The zero-order valence-corrected chi connectivity index (χ0v) is 9.67. The molecule has 0 aromatic heterocycles. The third-order valence-electron chi connectivity index (χ3n) is 3.00. The molecule has 2 rings (SSSR count). The van der Waals surface area contributed by atoms with Crippen LogP contribution in [0.25, 0.3) is 0 Å². The Morgan fingerprint density at radius 2 is 2.06 bits per heavy atom. The Balaban J connectivity index is 2.10. The molecule has 0 unspecified atom stereocenters. The van der Waals surface area contributed by atoms with Crippen LogP contribution in [0, 0.1) is 5.82 Å². The predicted molar refractivity (Wildman–Crippen MR) is 63.3 cm³/mol. The smallest absolute Gasteiger partial charge is 0.146 e. The highest BCUT2D eigenvalue weighted by Crippen LogP contribution is 2.25. The van der Waals surface area contributed by atoms with E-state index in [9.17, 15) is 9.50 Å². The molecule has 1 aromatic rings. The number of nitrogens with one attached hydrogen (secondary N) is 1. The summed E-state index contributed by atoms with van der Waals surface area (Å²) in [6, 6.07) is 4.33. The van der Waals surface area contributed by atoms with E-state index in [0.717, 1.165) is 25.7 Å². The first-order valence-corrected chi connectivity index (χ1v) is 5.94. The van der Waals surface area contributed by atoms with Crippen molar-refractivity contribution >= 4 is 17.3 Å². The summed E-state index contributed by atoms with van der Waals surface area (Å²) in [6.07, 6.45) is 3.36. The van der Waals surface area contributed by atoms with Crippen molar-refractivity contribution in [2.75, 3.05) is 5.32 Å². The summed E-state index contributed by atoms with van der Waals surface area (Å²) in [5, 5.41) is 13.3. The maximum Gasteiger partial charge on any atom is 0.146 e. The van der Waals surface area contributed by atoms with Crippen LogP contribution in [0.4, 0.5) is 10.1 Å². The van der Waals surface area contributed by atoms with Crippen LogP contribution in [0.15, 0.2) is 18.2 Å². The maximum atomic E-state index is 13.4. The van der Waals surface area contributed by atoms with Gasteiger partial charge in [-0.15, -0.1) is 0 Å². The van der Waals surface area contributed by atoms with Crippen molar-refractivity contribution in [3.63, 3.8) is 0 Å². The lowest BCUT2D eigenvalue weighted by Gasteiger charge is -2.29. The molecule has 88 valence electrons. The van der Waals surface area contributed by atoms with Crippen molar-refractivity contribution < 1.29 is 9.50 Å². The highest BCUT2D eigenvalue weighted by atomic mass is 35.5. The molecular formula is C12H15ClFNO. The summed E-state index contributed by atoms with van der Waals surface area (Å²) >= 11 is 5.80. The Hall–Kier alpha value is -0.800. The van der Waals surface area contributed by atoms with E-state index in [0.29, 0.717) is 10.7 Å². The first kappa shape index (κ1) is 11.7. The molecule has 0 spiro atoms. The van der Waals surface area contributed by atoms with Gasteiger partial charge < -0.3 is 10.4 Å². The molecule has 0 saturated heterocycles. The second kappa shape index (κ2) is 5.02. The van der Waals surface area contributed by atoms with E-state index in [-0.39, 0.29) is 11.9 Å². The second-order valence-electron chi connectivity index (χ2n) is 4.23. The summed E-state index contributed by atoms with van der Waals surface area (Å²) in [6.45, 7) is 0. The van der Waals surface area contributed by atoms with Crippen LogP contribution in [-0.4, -0.2) is 17.3 Å². The van der Waals surface area contributed by atoms with Crippen LogP contribution in [-0.2, 0) is 0 Å². The van der Waals surface area contributed by atoms with Crippen molar-refractivity contribution in [1.82, 2.24) is 0 Å². The largest absolute Gasteiger partial charge is 0.391 e. The van der Waals surface area contributed by atoms with Gasteiger partial charge in [0.05, 0.1) is 17.8 Å². The zero-order chi connectivity index (χ0) is 11.5. The molecule has 0 bridgehead atoms. The molecule has 0 aliphatic heterocycles. The molecule has 1 aliphatic carbocycles. The monoisotopic (exact) mass is 243 g/mol. The fraction of sp³-hybridized carbons (Fsp3) is 0.500. The van der Waals surface area contributed by atoms with Crippen molar-refractivity contribution in [2.24, 2.45) is 0 Å². The van der Waals surface area contributed by atoms with E-state index < -0.39 is 6.10 Å².